The van der Waals surface area contributed by atoms with Gasteiger partial charge in [-0.05, 0) is 24.6 Å². The molecule has 0 amide bonds. The van der Waals surface area contributed by atoms with Gasteiger partial charge in [-0.1, -0.05) is 6.92 Å². The molecule has 108 valence electrons. The first-order chi connectivity index (χ1) is 9.43. The van der Waals surface area contributed by atoms with Crippen LogP contribution in [0.25, 0.3) is 0 Å². The Labute approximate surface area is 116 Å². The van der Waals surface area contributed by atoms with Gasteiger partial charge in [0.25, 0.3) is 0 Å². The molecule has 0 saturated carbocycles. The molecule has 0 fully saturated rings. The molecule has 1 aromatic rings. The van der Waals surface area contributed by atoms with Crippen molar-refractivity contribution in [2.24, 2.45) is 0 Å². The summed E-state index contributed by atoms with van der Waals surface area (Å²) < 4.78 is 14.8. The van der Waals surface area contributed by atoms with Crippen LogP contribution in [-0.4, -0.2) is 24.5 Å². The summed E-state index contributed by atoms with van der Waals surface area (Å²) in [6.07, 6.45) is 0.702. The van der Waals surface area contributed by atoms with Gasteiger partial charge in [-0.2, -0.15) is 0 Å². The molecular weight excluding hydrogens is 264 g/mol. The maximum Gasteiger partial charge on any atom is 0.338 e. The highest BCUT2D eigenvalue weighted by Gasteiger charge is 2.15. The zero-order chi connectivity index (χ0) is 15.1. The molecule has 1 aromatic carbocycles. The molecule has 0 atom stereocenters. The summed E-state index contributed by atoms with van der Waals surface area (Å²) in [5.41, 5.74) is 0.214. The van der Waals surface area contributed by atoms with Crippen molar-refractivity contribution in [1.29, 1.82) is 0 Å². The normalized spacial score (nSPS) is 9.75. The van der Waals surface area contributed by atoms with Crippen LogP contribution in [0.15, 0.2) is 18.2 Å². The van der Waals surface area contributed by atoms with Crippen molar-refractivity contribution in [2.45, 2.75) is 27.2 Å². The predicted molar refractivity (Wildman–Crippen MR) is 69.6 cm³/mol. The molecule has 0 unspecified atom stereocenters. The van der Waals surface area contributed by atoms with Crippen molar-refractivity contribution < 1.29 is 28.6 Å². The van der Waals surface area contributed by atoms with Gasteiger partial charge in [0.1, 0.15) is 0 Å². The second-order valence-corrected chi connectivity index (χ2v) is 3.98. The number of carbonyl (C=O) groups is 3. The summed E-state index contributed by atoms with van der Waals surface area (Å²) in [5, 5.41) is 0. The third-order valence-electron chi connectivity index (χ3n) is 2.12. The molecule has 0 aliphatic rings. The Kier molecular flexibility index (Phi) is 5.71. The average Bonchev–Trinajstić information content (AvgIpc) is 2.36. The summed E-state index contributed by atoms with van der Waals surface area (Å²) in [5.74, 6) is -1.61. The lowest BCUT2D eigenvalue weighted by Gasteiger charge is -2.10. The molecule has 0 bridgehead atoms. The fourth-order valence-corrected chi connectivity index (χ4v) is 1.39. The Bertz CT molecular complexity index is 520. The fourth-order valence-electron chi connectivity index (χ4n) is 1.39. The minimum Gasteiger partial charge on any atom is -0.462 e. The molecule has 0 saturated heterocycles. The van der Waals surface area contributed by atoms with Gasteiger partial charge in [0, 0.05) is 13.8 Å². The number of esters is 3. The van der Waals surface area contributed by atoms with E-state index >= 15 is 0 Å². The molecule has 0 aromatic heterocycles. The Morgan fingerprint density at radius 2 is 1.60 bits per heavy atom. The second kappa shape index (κ2) is 7.28. The summed E-state index contributed by atoms with van der Waals surface area (Å²) in [4.78, 5) is 33.7. The van der Waals surface area contributed by atoms with E-state index in [1.165, 1.54) is 32.0 Å². The van der Waals surface area contributed by atoms with Gasteiger partial charge in [-0.3, -0.25) is 9.59 Å². The maximum absolute atomic E-state index is 11.7. The first-order valence-corrected chi connectivity index (χ1v) is 6.12. The molecule has 0 aliphatic carbocycles. The summed E-state index contributed by atoms with van der Waals surface area (Å²) >= 11 is 0. The molecule has 0 N–H and O–H groups in total. The first kappa shape index (κ1) is 15.7. The number of carbonyl (C=O) groups excluding carboxylic acids is 3. The molecule has 0 heterocycles. The van der Waals surface area contributed by atoms with Crippen LogP contribution >= 0.6 is 0 Å². The Morgan fingerprint density at radius 3 is 2.15 bits per heavy atom. The summed E-state index contributed by atoms with van der Waals surface area (Å²) in [6.45, 7) is 4.61. The van der Waals surface area contributed by atoms with Crippen molar-refractivity contribution in [3.63, 3.8) is 0 Å². The standard InChI is InChI=1S/C14H16O6/c1-4-7-18-14(17)11-5-6-12(19-9(2)15)13(8-11)20-10(3)16/h5-6,8H,4,7H2,1-3H3. The highest BCUT2D eigenvalue weighted by molar-refractivity contribution is 5.90. The monoisotopic (exact) mass is 280 g/mol. The molecule has 20 heavy (non-hydrogen) atoms. The summed E-state index contributed by atoms with van der Waals surface area (Å²) in [7, 11) is 0. The fraction of sp³-hybridized carbons (Fsp3) is 0.357. The average molecular weight is 280 g/mol. The van der Waals surface area contributed by atoms with E-state index in [0.29, 0.717) is 13.0 Å². The van der Waals surface area contributed by atoms with Crippen molar-refractivity contribution in [1.82, 2.24) is 0 Å². The smallest absolute Gasteiger partial charge is 0.338 e. The SMILES string of the molecule is CCCOC(=O)c1ccc(OC(C)=O)c(OC(C)=O)c1. The van der Waals surface area contributed by atoms with Crippen LogP contribution in [0, 0.1) is 0 Å². The van der Waals surface area contributed by atoms with E-state index in [0.717, 1.165) is 0 Å². The van der Waals surface area contributed by atoms with Gasteiger partial charge < -0.3 is 14.2 Å². The molecule has 0 radical (unpaired) electrons. The van der Waals surface area contributed by atoms with E-state index in [1.54, 1.807) is 0 Å². The lowest BCUT2D eigenvalue weighted by Crippen LogP contribution is -2.10. The quantitative estimate of drug-likeness (QED) is 0.607. The maximum atomic E-state index is 11.7. The van der Waals surface area contributed by atoms with Crippen molar-refractivity contribution >= 4 is 17.9 Å². The molecule has 0 aliphatic heterocycles. The minimum absolute atomic E-state index is 0.00125. The lowest BCUT2D eigenvalue weighted by molar-refractivity contribution is -0.134. The molecule has 6 heteroatoms. The number of rotatable bonds is 5. The zero-order valence-corrected chi connectivity index (χ0v) is 11.6. The predicted octanol–water partition coefficient (Wildman–Crippen LogP) is 2.10. The van der Waals surface area contributed by atoms with Gasteiger partial charge in [0.2, 0.25) is 0 Å². The Morgan fingerprint density at radius 1 is 1.00 bits per heavy atom. The topological polar surface area (TPSA) is 78.9 Å². The van der Waals surface area contributed by atoms with Crippen LogP contribution in [-0.2, 0) is 14.3 Å². The van der Waals surface area contributed by atoms with Gasteiger partial charge in [-0.25, -0.2) is 4.79 Å². The van der Waals surface area contributed by atoms with Crippen LogP contribution in [0.3, 0.4) is 0 Å². The van der Waals surface area contributed by atoms with Crippen molar-refractivity contribution in [3.8, 4) is 11.5 Å². The van der Waals surface area contributed by atoms with Crippen molar-refractivity contribution in [2.75, 3.05) is 6.61 Å². The Hall–Kier alpha value is -2.37. The number of hydrogen-bond acceptors (Lipinski definition) is 6. The van der Waals surface area contributed by atoms with E-state index in [1.807, 2.05) is 6.92 Å². The van der Waals surface area contributed by atoms with E-state index in [9.17, 15) is 14.4 Å². The van der Waals surface area contributed by atoms with Crippen LogP contribution in [0.5, 0.6) is 11.5 Å². The van der Waals surface area contributed by atoms with E-state index in [-0.39, 0.29) is 17.1 Å². The van der Waals surface area contributed by atoms with Gasteiger partial charge in [0.15, 0.2) is 11.5 Å². The lowest BCUT2D eigenvalue weighted by atomic mass is 10.2. The zero-order valence-electron chi connectivity index (χ0n) is 11.6. The number of ether oxygens (including phenoxy) is 3. The first-order valence-electron chi connectivity index (χ1n) is 6.12. The van der Waals surface area contributed by atoms with Crippen LogP contribution in [0.1, 0.15) is 37.6 Å². The molecule has 0 spiro atoms. The second-order valence-electron chi connectivity index (χ2n) is 3.98. The van der Waals surface area contributed by atoms with Crippen LogP contribution in [0.2, 0.25) is 0 Å². The van der Waals surface area contributed by atoms with E-state index < -0.39 is 17.9 Å². The number of hydrogen-bond donors (Lipinski definition) is 0. The molecular formula is C14H16O6. The van der Waals surface area contributed by atoms with Gasteiger partial charge in [0.05, 0.1) is 12.2 Å². The third kappa shape index (κ3) is 4.72. The minimum atomic E-state index is -0.586. The van der Waals surface area contributed by atoms with Gasteiger partial charge in [-0.15, -0.1) is 0 Å². The van der Waals surface area contributed by atoms with Crippen molar-refractivity contribution in [3.05, 3.63) is 23.8 Å². The molecule has 6 nitrogen and oxygen atoms in total. The number of benzene rings is 1. The largest absolute Gasteiger partial charge is 0.462 e. The highest BCUT2D eigenvalue weighted by Crippen LogP contribution is 2.29. The molecule has 1 rings (SSSR count). The Balaban J connectivity index is 3.03. The van der Waals surface area contributed by atoms with E-state index in [4.69, 9.17) is 14.2 Å². The van der Waals surface area contributed by atoms with E-state index in [2.05, 4.69) is 0 Å². The van der Waals surface area contributed by atoms with Crippen LogP contribution in [0.4, 0.5) is 0 Å². The third-order valence-corrected chi connectivity index (χ3v) is 2.12. The van der Waals surface area contributed by atoms with Crippen LogP contribution < -0.4 is 9.47 Å². The summed E-state index contributed by atoms with van der Waals surface area (Å²) in [6, 6.07) is 4.11. The van der Waals surface area contributed by atoms with Gasteiger partial charge >= 0.3 is 17.9 Å². The highest BCUT2D eigenvalue weighted by atomic mass is 16.6.